The number of hydrogen-bond donors (Lipinski definition) is 7. The van der Waals surface area contributed by atoms with E-state index in [4.69, 9.17) is 20.1 Å². The van der Waals surface area contributed by atoms with Crippen LogP contribution in [0.3, 0.4) is 0 Å². The number of fused-ring (bicyclic) bond motifs is 3. The van der Waals surface area contributed by atoms with Crippen molar-refractivity contribution in [2.45, 2.75) is 93.6 Å². The zero-order valence-corrected chi connectivity index (χ0v) is 30.8. The molecule has 1 aliphatic carbocycles. The number of benzene rings is 3. The first kappa shape index (κ1) is 39.4. The number of aliphatic carboxylic acids is 2. The smallest absolute Gasteiger partial charge is 0.303 e. The van der Waals surface area contributed by atoms with Crippen LogP contribution in [-0.4, -0.2) is 71.4 Å². The second kappa shape index (κ2) is 16.5. The summed E-state index contributed by atoms with van der Waals surface area (Å²) in [6.07, 6.45) is 6.78. The fourth-order valence-corrected chi connectivity index (χ4v) is 7.72. The van der Waals surface area contributed by atoms with E-state index < -0.39 is 33.5 Å². The van der Waals surface area contributed by atoms with Crippen LogP contribution in [0.5, 0.6) is 5.75 Å². The number of aromatic amines is 1. The third-order valence-electron chi connectivity index (χ3n) is 9.90. The first-order valence-electron chi connectivity index (χ1n) is 17.7. The van der Waals surface area contributed by atoms with E-state index in [2.05, 4.69) is 53.9 Å². The van der Waals surface area contributed by atoms with Crippen molar-refractivity contribution in [2.24, 2.45) is 5.14 Å². The number of H-pyrrole nitrogens is 1. The summed E-state index contributed by atoms with van der Waals surface area (Å²) < 4.78 is 29.2. The van der Waals surface area contributed by atoms with Crippen molar-refractivity contribution in [1.29, 1.82) is 0 Å². The molecule has 1 amide bonds. The van der Waals surface area contributed by atoms with Gasteiger partial charge in [-0.25, -0.2) is 13.6 Å². The molecule has 1 atom stereocenters. The van der Waals surface area contributed by atoms with Crippen molar-refractivity contribution in [2.75, 3.05) is 18.5 Å². The van der Waals surface area contributed by atoms with Gasteiger partial charge in [0, 0.05) is 40.4 Å². The second-order valence-electron chi connectivity index (χ2n) is 14.5. The number of carbonyl (C=O) groups excluding carboxylic acids is 1. The molecule has 0 bridgehead atoms. The molecule has 4 aromatic rings. The maximum absolute atomic E-state index is 12.9. The van der Waals surface area contributed by atoms with E-state index in [1.165, 1.54) is 11.1 Å². The molecule has 1 aliphatic heterocycles. The summed E-state index contributed by atoms with van der Waals surface area (Å²) in [5, 5.41) is 39.6. The monoisotopic (exact) mass is 748 g/mol. The number of ether oxygens (including phenoxy) is 1. The van der Waals surface area contributed by atoms with Gasteiger partial charge in [-0.15, -0.1) is 0 Å². The summed E-state index contributed by atoms with van der Waals surface area (Å²) in [6, 6.07) is 18.7. The number of aryl methyl sites for hydroxylation is 2. The van der Waals surface area contributed by atoms with E-state index in [1.54, 1.807) is 12.1 Å². The zero-order chi connectivity index (χ0) is 38.4. The third-order valence-corrected chi connectivity index (χ3v) is 10.8. The van der Waals surface area contributed by atoms with Crippen molar-refractivity contribution in [3.63, 3.8) is 0 Å². The Morgan fingerprint density at radius 2 is 1.62 bits per heavy atom. The quantitative estimate of drug-likeness (QED) is 0.0892. The Bertz CT molecular complexity index is 2040. The molecule has 53 heavy (non-hydrogen) atoms. The van der Waals surface area contributed by atoms with Gasteiger partial charge in [0.1, 0.15) is 18.5 Å². The van der Waals surface area contributed by atoms with Crippen LogP contribution in [0.2, 0.25) is 0 Å². The van der Waals surface area contributed by atoms with Crippen LogP contribution in [-0.2, 0) is 49.1 Å². The van der Waals surface area contributed by atoms with Crippen molar-refractivity contribution in [1.82, 2.24) is 10.3 Å². The Labute approximate surface area is 309 Å². The van der Waals surface area contributed by atoms with Gasteiger partial charge in [0.15, 0.2) is 0 Å². The average molecular weight is 749 g/mol. The van der Waals surface area contributed by atoms with E-state index in [9.17, 15) is 27.9 Å². The number of sulfonamides is 1. The summed E-state index contributed by atoms with van der Waals surface area (Å²) >= 11 is 0. The Morgan fingerprint density at radius 1 is 0.962 bits per heavy atom. The van der Waals surface area contributed by atoms with Gasteiger partial charge in [-0.05, 0) is 86.9 Å². The Morgan fingerprint density at radius 3 is 2.26 bits per heavy atom. The topological polar surface area (TPSA) is 221 Å². The Balaban J connectivity index is 0.000000609. The summed E-state index contributed by atoms with van der Waals surface area (Å²) in [4.78, 5) is 35.7. The summed E-state index contributed by atoms with van der Waals surface area (Å²) in [6.45, 7) is 4.74. The van der Waals surface area contributed by atoms with Crippen LogP contribution in [0.15, 0.2) is 71.8 Å². The molecule has 0 unspecified atom stereocenters. The lowest BCUT2D eigenvalue weighted by Crippen LogP contribution is -2.46. The number of anilines is 1. The lowest BCUT2D eigenvalue weighted by Gasteiger charge is -2.28. The van der Waals surface area contributed by atoms with Crippen molar-refractivity contribution in [3.05, 3.63) is 89.1 Å². The van der Waals surface area contributed by atoms with Gasteiger partial charge >= 0.3 is 11.9 Å². The summed E-state index contributed by atoms with van der Waals surface area (Å²) in [5.74, 6) is -1.41. The standard InChI is InChI=1S/C35H42N4O5S.C4H6O4/c1-34(2,38-21-26(40)22-44-30-10-6-9-29-31(30)35(33(41)39-29)17-3-4-18-35)19-25-20-37-32-24(7-5-8-28(25)32)14-11-23-12-15-27(16-13-23)45(36,42)43;5-3(6)1-2-4(7)8/h5-10,12-13,15-16,20,26,37-38,40H,3-4,11,14,17-19,21-22H2,1-2H3,(H,39,41)(H2,36,42,43);1-2H2,(H,5,6)(H,7,8)/t26-;/m0./s1. The number of nitrogens with one attached hydrogen (secondary N) is 3. The molecule has 6 rings (SSSR count). The van der Waals surface area contributed by atoms with Gasteiger partial charge in [-0.2, -0.15) is 0 Å². The molecule has 13 nitrogen and oxygen atoms in total. The van der Waals surface area contributed by atoms with Crippen LogP contribution in [0.25, 0.3) is 10.9 Å². The molecule has 2 aliphatic rings. The average Bonchev–Trinajstić information content (AvgIpc) is 3.83. The molecule has 1 fully saturated rings. The highest BCUT2D eigenvalue weighted by atomic mass is 32.2. The number of aliphatic hydroxyl groups is 1. The molecule has 1 saturated carbocycles. The van der Waals surface area contributed by atoms with E-state index in [0.717, 1.165) is 72.7 Å². The van der Waals surface area contributed by atoms with E-state index in [1.807, 2.05) is 30.3 Å². The number of β-amino-alcohol motifs (C(OH)–C–C–N with tert-alkyl or cyclic N) is 1. The fourth-order valence-electron chi connectivity index (χ4n) is 7.21. The van der Waals surface area contributed by atoms with Crippen molar-refractivity contribution >= 4 is 44.5 Å². The van der Waals surface area contributed by atoms with Crippen LogP contribution >= 0.6 is 0 Å². The maximum Gasteiger partial charge on any atom is 0.303 e. The highest BCUT2D eigenvalue weighted by Gasteiger charge is 2.50. The van der Waals surface area contributed by atoms with E-state index in [0.29, 0.717) is 12.3 Å². The van der Waals surface area contributed by atoms with E-state index in [-0.39, 0.29) is 35.8 Å². The molecule has 1 spiro atoms. The van der Waals surface area contributed by atoms with Crippen molar-refractivity contribution < 1.29 is 42.9 Å². The number of aromatic nitrogens is 1. The number of carbonyl (C=O) groups is 3. The number of para-hydroxylation sites is 1. The molecular formula is C39H48N4O9S. The van der Waals surface area contributed by atoms with Crippen LogP contribution in [0.4, 0.5) is 5.69 Å². The first-order valence-corrected chi connectivity index (χ1v) is 19.3. The number of rotatable bonds is 15. The number of nitrogens with two attached hydrogens (primary N) is 1. The number of carboxylic acids is 2. The highest BCUT2D eigenvalue weighted by Crippen LogP contribution is 2.52. The number of aliphatic hydroxyl groups excluding tert-OH is 1. The van der Waals surface area contributed by atoms with Gasteiger partial charge in [-0.3, -0.25) is 14.4 Å². The molecule has 284 valence electrons. The molecule has 8 N–H and O–H groups in total. The SMILES string of the molecule is CC(C)(Cc1c[nH]c2c(CCc3ccc(S(N)(=O)=O)cc3)cccc12)NC[C@H](O)COc1cccc2c1C1(CCCC1)C(=O)N2.O=C(O)CCC(=O)O. The lowest BCUT2D eigenvalue weighted by molar-refractivity contribution is -0.143. The first-order chi connectivity index (χ1) is 25.1. The Hall–Kier alpha value is -4.76. The molecule has 0 radical (unpaired) electrons. The van der Waals surface area contributed by atoms with Gasteiger partial charge in [0.25, 0.3) is 0 Å². The fraction of sp³-hybridized carbons (Fsp3) is 0.410. The van der Waals surface area contributed by atoms with Crippen LogP contribution in [0, 0.1) is 0 Å². The summed E-state index contributed by atoms with van der Waals surface area (Å²) in [5.41, 5.74) is 5.50. The second-order valence-corrected chi connectivity index (χ2v) is 16.0. The molecule has 14 heteroatoms. The Kier molecular flexibility index (Phi) is 12.3. The maximum atomic E-state index is 12.9. The minimum Gasteiger partial charge on any atom is -0.490 e. The minimum absolute atomic E-state index is 0.0663. The predicted molar refractivity (Wildman–Crippen MR) is 201 cm³/mol. The van der Waals surface area contributed by atoms with Crippen LogP contribution in [0.1, 0.15) is 74.6 Å². The minimum atomic E-state index is -3.70. The van der Waals surface area contributed by atoms with Crippen LogP contribution < -0.4 is 20.5 Å². The number of primary sulfonamides is 1. The van der Waals surface area contributed by atoms with Gasteiger partial charge in [0.2, 0.25) is 15.9 Å². The van der Waals surface area contributed by atoms with Gasteiger partial charge in [0.05, 0.1) is 23.2 Å². The predicted octanol–water partition coefficient (Wildman–Crippen LogP) is 4.65. The molecular weight excluding hydrogens is 701 g/mol. The molecule has 3 aromatic carbocycles. The number of amides is 1. The van der Waals surface area contributed by atoms with Gasteiger partial charge in [-0.1, -0.05) is 49.2 Å². The molecule has 1 aromatic heterocycles. The normalized spacial score (nSPS) is 15.4. The van der Waals surface area contributed by atoms with E-state index >= 15 is 0 Å². The zero-order valence-electron chi connectivity index (χ0n) is 30.0. The molecule has 0 saturated heterocycles. The summed E-state index contributed by atoms with van der Waals surface area (Å²) in [7, 11) is -3.70. The highest BCUT2D eigenvalue weighted by molar-refractivity contribution is 7.89. The largest absolute Gasteiger partial charge is 0.490 e. The third kappa shape index (κ3) is 9.82. The number of carboxylic acid groups (broad SMARTS) is 2. The van der Waals surface area contributed by atoms with Crippen molar-refractivity contribution in [3.8, 4) is 5.75 Å². The number of hydrogen-bond acceptors (Lipinski definition) is 8. The van der Waals surface area contributed by atoms with Gasteiger partial charge < -0.3 is 35.7 Å². The lowest BCUT2D eigenvalue weighted by atomic mass is 9.79. The molecule has 2 heterocycles.